The molecular formula is C15H13Cl2N5O. The quantitative estimate of drug-likeness (QED) is 0.755. The molecule has 0 aliphatic carbocycles. The maximum Gasteiger partial charge on any atom is 0.275 e. The van der Waals surface area contributed by atoms with E-state index < -0.39 is 0 Å². The maximum atomic E-state index is 12.1. The highest BCUT2D eigenvalue weighted by Gasteiger charge is 2.13. The van der Waals surface area contributed by atoms with Gasteiger partial charge < -0.3 is 5.32 Å². The van der Waals surface area contributed by atoms with Crippen molar-refractivity contribution in [3.05, 3.63) is 57.6 Å². The number of halogens is 2. The summed E-state index contributed by atoms with van der Waals surface area (Å²) in [5.74, 6) is -0.352. The Balaban J connectivity index is 1.81. The normalized spacial score (nSPS) is 10.8. The number of aromatic nitrogens is 4. The summed E-state index contributed by atoms with van der Waals surface area (Å²) in [5, 5.41) is 14.3. The van der Waals surface area contributed by atoms with Gasteiger partial charge in [-0.3, -0.25) is 9.89 Å². The summed E-state index contributed by atoms with van der Waals surface area (Å²) in [5.41, 5.74) is 3.36. The number of nitrogens with zero attached hydrogens (tertiary/aromatic N) is 3. The van der Waals surface area contributed by atoms with Crippen molar-refractivity contribution in [2.75, 3.05) is 5.32 Å². The lowest BCUT2D eigenvalue weighted by molar-refractivity contribution is 0.102. The molecule has 118 valence electrons. The third kappa shape index (κ3) is 2.95. The van der Waals surface area contributed by atoms with Crippen molar-refractivity contribution in [1.29, 1.82) is 0 Å². The summed E-state index contributed by atoms with van der Waals surface area (Å²) < 4.78 is 1.76. The van der Waals surface area contributed by atoms with Gasteiger partial charge in [0.25, 0.3) is 5.91 Å². The molecule has 2 aromatic heterocycles. The van der Waals surface area contributed by atoms with Gasteiger partial charge >= 0.3 is 0 Å². The van der Waals surface area contributed by atoms with Gasteiger partial charge in [-0.2, -0.15) is 10.2 Å². The second kappa shape index (κ2) is 6.06. The molecule has 2 heterocycles. The second-order valence-corrected chi connectivity index (χ2v) is 5.78. The molecule has 3 rings (SSSR count). The van der Waals surface area contributed by atoms with Crippen molar-refractivity contribution >= 4 is 34.8 Å². The number of aryl methyl sites for hydroxylation is 1. The molecule has 0 fully saturated rings. The lowest BCUT2D eigenvalue weighted by Gasteiger charge is -2.07. The van der Waals surface area contributed by atoms with Gasteiger partial charge in [-0.15, -0.1) is 0 Å². The minimum Gasteiger partial charge on any atom is -0.321 e. The number of hydrogen-bond donors (Lipinski definition) is 2. The molecule has 0 spiro atoms. The highest BCUT2D eigenvalue weighted by atomic mass is 35.5. The van der Waals surface area contributed by atoms with E-state index in [0.717, 1.165) is 17.1 Å². The molecule has 0 atom stereocenters. The smallest absolute Gasteiger partial charge is 0.275 e. The number of amides is 1. The van der Waals surface area contributed by atoms with Crippen LogP contribution in [-0.4, -0.2) is 25.9 Å². The largest absolute Gasteiger partial charge is 0.321 e. The van der Waals surface area contributed by atoms with Gasteiger partial charge in [0.15, 0.2) is 0 Å². The fourth-order valence-corrected chi connectivity index (χ4v) is 2.48. The first-order chi connectivity index (χ1) is 11.0. The van der Waals surface area contributed by atoms with Gasteiger partial charge in [0.05, 0.1) is 33.3 Å². The number of hydrogen-bond acceptors (Lipinski definition) is 3. The Hall–Kier alpha value is -2.31. The van der Waals surface area contributed by atoms with Crippen molar-refractivity contribution in [2.24, 2.45) is 0 Å². The monoisotopic (exact) mass is 349 g/mol. The van der Waals surface area contributed by atoms with E-state index in [1.807, 2.05) is 26.0 Å². The van der Waals surface area contributed by atoms with Crippen molar-refractivity contribution in [1.82, 2.24) is 20.0 Å². The molecule has 8 heteroatoms. The molecule has 1 aromatic carbocycles. The maximum absolute atomic E-state index is 12.1. The molecule has 0 aliphatic rings. The van der Waals surface area contributed by atoms with Gasteiger partial charge in [-0.25, -0.2) is 4.68 Å². The molecule has 0 saturated heterocycles. The molecule has 0 unspecified atom stereocenters. The number of benzene rings is 1. The first-order valence-electron chi connectivity index (χ1n) is 6.79. The summed E-state index contributed by atoms with van der Waals surface area (Å²) in [6.45, 7) is 3.76. The van der Waals surface area contributed by atoms with Crippen molar-refractivity contribution < 1.29 is 4.79 Å². The Morgan fingerprint density at radius 2 is 1.91 bits per heavy atom. The van der Waals surface area contributed by atoms with E-state index in [-0.39, 0.29) is 16.6 Å². The zero-order valence-electron chi connectivity index (χ0n) is 12.4. The van der Waals surface area contributed by atoms with Gasteiger partial charge in [0.1, 0.15) is 5.69 Å². The van der Waals surface area contributed by atoms with Crippen molar-refractivity contribution in [3.63, 3.8) is 0 Å². The Bertz CT molecular complexity index is 867. The fourth-order valence-electron chi connectivity index (χ4n) is 2.19. The number of carbonyl (C=O) groups excluding carboxylic acids is 1. The average molecular weight is 350 g/mol. The number of rotatable bonds is 3. The summed E-state index contributed by atoms with van der Waals surface area (Å²) in [7, 11) is 0. The predicted molar refractivity (Wildman–Crippen MR) is 89.6 cm³/mol. The van der Waals surface area contributed by atoms with Crippen LogP contribution in [-0.2, 0) is 0 Å². The minimum atomic E-state index is -0.352. The zero-order chi connectivity index (χ0) is 16.6. The molecule has 0 saturated carbocycles. The second-order valence-electron chi connectivity index (χ2n) is 4.99. The van der Waals surface area contributed by atoms with E-state index in [0.29, 0.717) is 10.7 Å². The molecule has 6 nitrogen and oxygen atoms in total. The van der Waals surface area contributed by atoms with E-state index >= 15 is 0 Å². The average Bonchev–Trinajstić information content (AvgIpc) is 3.07. The van der Waals surface area contributed by atoms with E-state index in [1.54, 1.807) is 16.8 Å². The van der Waals surface area contributed by atoms with E-state index in [9.17, 15) is 4.79 Å². The first-order valence-corrected chi connectivity index (χ1v) is 7.55. The molecule has 0 aliphatic heterocycles. The van der Waals surface area contributed by atoms with E-state index in [1.165, 1.54) is 6.20 Å². The number of nitrogens with one attached hydrogen (secondary N) is 2. The Kier molecular flexibility index (Phi) is 4.11. The lowest BCUT2D eigenvalue weighted by atomic mass is 10.2. The summed E-state index contributed by atoms with van der Waals surface area (Å²) >= 11 is 12.0. The highest BCUT2D eigenvalue weighted by Crippen LogP contribution is 2.23. The molecule has 1 amide bonds. The topological polar surface area (TPSA) is 75.6 Å². The van der Waals surface area contributed by atoms with Gasteiger partial charge in [-0.05, 0) is 38.1 Å². The zero-order valence-corrected chi connectivity index (χ0v) is 13.9. The molecule has 23 heavy (non-hydrogen) atoms. The minimum absolute atomic E-state index is 0.223. The molecular weight excluding hydrogens is 337 g/mol. The van der Waals surface area contributed by atoms with Gasteiger partial charge in [0.2, 0.25) is 0 Å². The van der Waals surface area contributed by atoms with Gasteiger partial charge in [0, 0.05) is 5.69 Å². The standard InChI is InChI=1S/C15H13Cl2N5O/c1-8-13(17)9(2)22(21-8)11-5-3-10(4-6-11)19-15(23)14-12(16)7-18-20-14/h3-7H,1-2H3,(H,18,20)(H,19,23). The van der Waals surface area contributed by atoms with Crippen LogP contribution in [0.25, 0.3) is 5.69 Å². The van der Waals surface area contributed by atoms with Crippen LogP contribution in [0.3, 0.4) is 0 Å². The molecule has 0 bridgehead atoms. The highest BCUT2D eigenvalue weighted by molar-refractivity contribution is 6.34. The number of H-pyrrole nitrogens is 1. The Morgan fingerprint density at radius 3 is 2.43 bits per heavy atom. The molecule has 0 radical (unpaired) electrons. The third-order valence-corrected chi connectivity index (χ3v) is 4.23. The SMILES string of the molecule is Cc1nn(-c2ccc(NC(=O)c3[nH]ncc3Cl)cc2)c(C)c1Cl. The Labute approximate surface area is 142 Å². The molecule has 2 N–H and O–H groups in total. The first kappa shape index (κ1) is 15.6. The third-order valence-electron chi connectivity index (χ3n) is 3.39. The lowest BCUT2D eigenvalue weighted by Crippen LogP contribution is -2.13. The van der Waals surface area contributed by atoms with Crippen LogP contribution in [0, 0.1) is 13.8 Å². The van der Waals surface area contributed by atoms with E-state index in [2.05, 4.69) is 20.6 Å². The van der Waals surface area contributed by atoms with Crippen LogP contribution < -0.4 is 5.32 Å². The fraction of sp³-hybridized carbons (Fsp3) is 0.133. The van der Waals surface area contributed by atoms with Crippen molar-refractivity contribution in [2.45, 2.75) is 13.8 Å². The van der Waals surface area contributed by atoms with Crippen LogP contribution >= 0.6 is 23.2 Å². The van der Waals surface area contributed by atoms with Crippen LogP contribution in [0.1, 0.15) is 21.9 Å². The van der Waals surface area contributed by atoms with Crippen molar-refractivity contribution in [3.8, 4) is 5.69 Å². The van der Waals surface area contributed by atoms with Crippen LogP contribution in [0.2, 0.25) is 10.0 Å². The van der Waals surface area contributed by atoms with Crippen LogP contribution in [0.4, 0.5) is 5.69 Å². The summed E-state index contributed by atoms with van der Waals surface area (Å²) in [4.78, 5) is 12.1. The predicted octanol–water partition coefficient (Wildman–Crippen LogP) is 3.77. The number of aromatic amines is 1. The number of anilines is 1. The van der Waals surface area contributed by atoms with Crippen LogP contribution in [0.5, 0.6) is 0 Å². The summed E-state index contributed by atoms with van der Waals surface area (Å²) in [6.07, 6.45) is 1.38. The van der Waals surface area contributed by atoms with Gasteiger partial charge in [-0.1, -0.05) is 23.2 Å². The number of carbonyl (C=O) groups is 1. The van der Waals surface area contributed by atoms with E-state index in [4.69, 9.17) is 23.2 Å². The van der Waals surface area contributed by atoms with Crippen LogP contribution in [0.15, 0.2) is 30.5 Å². The summed E-state index contributed by atoms with van der Waals surface area (Å²) in [6, 6.07) is 7.25. The Morgan fingerprint density at radius 1 is 1.22 bits per heavy atom. The molecule has 3 aromatic rings.